The molecule has 0 aromatic heterocycles. The molecule has 0 fully saturated rings. The monoisotopic (exact) mass is 264 g/mol. The summed E-state index contributed by atoms with van der Waals surface area (Å²) in [6.07, 6.45) is 0. The van der Waals surface area contributed by atoms with E-state index in [0.29, 0.717) is 29.5 Å². The molecular formula is C15H24N2O2. The summed E-state index contributed by atoms with van der Waals surface area (Å²) in [6, 6.07) is 5.20. The van der Waals surface area contributed by atoms with Gasteiger partial charge in [-0.3, -0.25) is 4.79 Å². The van der Waals surface area contributed by atoms with Crippen molar-refractivity contribution in [2.75, 3.05) is 19.4 Å². The molecule has 0 aliphatic rings. The second-order valence-electron chi connectivity index (χ2n) is 5.75. The molecule has 0 spiro atoms. The van der Waals surface area contributed by atoms with Crippen LogP contribution in [0.2, 0.25) is 0 Å². The minimum Gasteiger partial charge on any atom is -0.496 e. The fourth-order valence-corrected chi connectivity index (χ4v) is 1.56. The van der Waals surface area contributed by atoms with Crippen molar-refractivity contribution < 1.29 is 9.53 Å². The maximum absolute atomic E-state index is 12.2. The predicted molar refractivity (Wildman–Crippen MR) is 78.4 cm³/mol. The van der Waals surface area contributed by atoms with Gasteiger partial charge in [0.05, 0.1) is 7.11 Å². The molecule has 4 nitrogen and oxygen atoms in total. The van der Waals surface area contributed by atoms with Crippen molar-refractivity contribution in [3.05, 3.63) is 23.8 Å². The van der Waals surface area contributed by atoms with E-state index in [1.165, 1.54) is 7.11 Å². The quantitative estimate of drug-likeness (QED) is 0.804. The lowest BCUT2D eigenvalue weighted by molar-refractivity contribution is 0.0922. The maximum atomic E-state index is 12.2. The Balaban J connectivity index is 2.85. The van der Waals surface area contributed by atoms with Crippen LogP contribution < -0.4 is 15.8 Å². The Bertz CT molecular complexity index is 453. The number of nitrogens with two attached hydrogens (primary N) is 1. The van der Waals surface area contributed by atoms with Gasteiger partial charge in [-0.1, -0.05) is 33.8 Å². The molecule has 1 rings (SSSR count). The zero-order valence-corrected chi connectivity index (χ0v) is 12.4. The average molecular weight is 264 g/mol. The zero-order chi connectivity index (χ0) is 14.6. The summed E-state index contributed by atoms with van der Waals surface area (Å²) in [5, 5.41) is 2.94. The Hall–Kier alpha value is -1.71. The minimum absolute atomic E-state index is 0.0342. The predicted octanol–water partition coefficient (Wildman–Crippen LogP) is 2.69. The lowest BCUT2D eigenvalue weighted by atomic mass is 9.81. The molecule has 4 heteroatoms. The highest BCUT2D eigenvalue weighted by Crippen LogP contribution is 2.27. The lowest BCUT2D eigenvalue weighted by Gasteiger charge is -2.29. The average Bonchev–Trinajstić information content (AvgIpc) is 2.35. The number of amides is 1. The van der Waals surface area contributed by atoms with Gasteiger partial charge in [0.25, 0.3) is 5.91 Å². The third kappa shape index (κ3) is 3.63. The van der Waals surface area contributed by atoms with Gasteiger partial charge >= 0.3 is 0 Å². The Kier molecular flexibility index (Phi) is 4.81. The first kappa shape index (κ1) is 15.3. The fourth-order valence-electron chi connectivity index (χ4n) is 1.56. The van der Waals surface area contributed by atoms with E-state index in [0.717, 1.165) is 0 Å². The largest absolute Gasteiger partial charge is 0.496 e. The minimum atomic E-state index is -0.191. The smallest absolute Gasteiger partial charge is 0.257 e. The molecule has 1 aromatic carbocycles. The number of methoxy groups -OCH3 is 1. The van der Waals surface area contributed by atoms with Crippen LogP contribution in [0.3, 0.4) is 0 Å². The SMILES string of the molecule is COc1cccc(N)c1C(=O)NCC(C)(C)C(C)C. The Labute approximate surface area is 115 Å². The highest BCUT2D eigenvalue weighted by Gasteiger charge is 2.24. The molecule has 0 saturated heterocycles. The van der Waals surface area contributed by atoms with Crippen LogP contribution in [0.15, 0.2) is 18.2 Å². The van der Waals surface area contributed by atoms with Crippen LogP contribution in [0.4, 0.5) is 5.69 Å². The molecule has 0 heterocycles. The van der Waals surface area contributed by atoms with Crippen LogP contribution in [-0.2, 0) is 0 Å². The molecule has 0 atom stereocenters. The molecule has 0 unspecified atom stereocenters. The van der Waals surface area contributed by atoms with Crippen LogP contribution in [-0.4, -0.2) is 19.6 Å². The molecule has 3 N–H and O–H groups in total. The van der Waals surface area contributed by atoms with Crippen molar-refractivity contribution in [1.82, 2.24) is 5.32 Å². The number of hydrogen-bond acceptors (Lipinski definition) is 3. The van der Waals surface area contributed by atoms with Gasteiger partial charge in [-0.05, 0) is 23.5 Å². The number of carbonyl (C=O) groups excluding carboxylic acids is 1. The summed E-state index contributed by atoms with van der Waals surface area (Å²) in [6.45, 7) is 9.14. The number of benzene rings is 1. The van der Waals surface area contributed by atoms with E-state index in [1.54, 1.807) is 18.2 Å². The third-order valence-electron chi connectivity index (χ3n) is 3.77. The number of rotatable bonds is 5. The topological polar surface area (TPSA) is 64.3 Å². The van der Waals surface area contributed by atoms with Gasteiger partial charge in [-0.25, -0.2) is 0 Å². The molecule has 1 amide bonds. The second kappa shape index (κ2) is 5.95. The summed E-state index contributed by atoms with van der Waals surface area (Å²) in [7, 11) is 1.53. The number of hydrogen-bond donors (Lipinski definition) is 2. The maximum Gasteiger partial charge on any atom is 0.257 e. The zero-order valence-electron chi connectivity index (χ0n) is 12.4. The van der Waals surface area contributed by atoms with Crippen molar-refractivity contribution in [3.63, 3.8) is 0 Å². The number of anilines is 1. The first-order chi connectivity index (χ1) is 8.79. The van der Waals surface area contributed by atoms with Crippen molar-refractivity contribution in [2.45, 2.75) is 27.7 Å². The summed E-state index contributed by atoms with van der Waals surface area (Å²) in [5.74, 6) is 0.784. The molecule has 1 aromatic rings. The van der Waals surface area contributed by atoms with E-state index >= 15 is 0 Å². The first-order valence-corrected chi connectivity index (χ1v) is 6.50. The van der Waals surface area contributed by atoms with Gasteiger partial charge in [-0.2, -0.15) is 0 Å². The molecule has 106 valence electrons. The van der Waals surface area contributed by atoms with Crippen LogP contribution >= 0.6 is 0 Å². The molecular weight excluding hydrogens is 240 g/mol. The van der Waals surface area contributed by atoms with E-state index < -0.39 is 0 Å². The highest BCUT2D eigenvalue weighted by atomic mass is 16.5. The summed E-state index contributed by atoms with van der Waals surface area (Å²) < 4.78 is 5.19. The summed E-state index contributed by atoms with van der Waals surface area (Å²) in [4.78, 5) is 12.2. The van der Waals surface area contributed by atoms with Crippen LogP contribution in [0.25, 0.3) is 0 Å². The van der Waals surface area contributed by atoms with E-state index in [-0.39, 0.29) is 11.3 Å². The van der Waals surface area contributed by atoms with Crippen molar-refractivity contribution in [2.24, 2.45) is 11.3 Å². The molecule has 0 radical (unpaired) electrons. The standard InChI is InChI=1S/C15H24N2O2/c1-10(2)15(3,4)9-17-14(18)13-11(16)7-6-8-12(13)19-5/h6-8,10H,9,16H2,1-5H3,(H,17,18). The van der Waals surface area contributed by atoms with E-state index in [2.05, 4.69) is 33.0 Å². The van der Waals surface area contributed by atoms with Crippen molar-refractivity contribution >= 4 is 11.6 Å². The van der Waals surface area contributed by atoms with Crippen LogP contribution in [0.5, 0.6) is 5.75 Å². The number of carbonyl (C=O) groups is 1. The molecule has 0 bridgehead atoms. The van der Waals surface area contributed by atoms with Crippen molar-refractivity contribution in [3.8, 4) is 5.75 Å². The van der Waals surface area contributed by atoms with Gasteiger partial charge in [-0.15, -0.1) is 0 Å². The normalized spacial score (nSPS) is 11.5. The van der Waals surface area contributed by atoms with Gasteiger partial charge in [0.1, 0.15) is 11.3 Å². The Morgan fingerprint density at radius 3 is 2.58 bits per heavy atom. The summed E-state index contributed by atoms with van der Waals surface area (Å²) >= 11 is 0. The van der Waals surface area contributed by atoms with Crippen LogP contribution in [0.1, 0.15) is 38.1 Å². The van der Waals surface area contributed by atoms with Gasteiger partial charge in [0.2, 0.25) is 0 Å². The number of nitrogen functional groups attached to an aromatic ring is 1. The van der Waals surface area contributed by atoms with Gasteiger partial charge < -0.3 is 15.8 Å². The summed E-state index contributed by atoms with van der Waals surface area (Å²) in [5.41, 5.74) is 6.73. The van der Waals surface area contributed by atoms with E-state index in [9.17, 15) is 4.79 Å². The first-order valence-electron chi connectivity index (χ1n) is 6.50. The van der Waals surface area contributed by atoms with Gasteiger partial charge in [0, 0.05) is 12.2 Å². The van der Waals surface area contributed by atoms with E-state index in [4.69, 9.17) is 10.5 Å². The molecule has 19 heavy (non-hydrogen) atoms. The molecule has 0 aliphatic carbocycles. The lowest BCUT2D eigenvalue weighted by Crippen LogP contribution is -2.37. The number of nitrogens with one attached hydrogen (secondary N) is 1. The Morgan fingerprint density at radius 2 is 2.05 bits per heavy atom. The molecule has 0 saturated carbocycles. The highest BCUT2D eigenvalue weighted by molar-refractivity contribution is 6.01. The second-order valence-corrected chi connectivity index (χ2v) is 5.75. The van der Waals surface area contributed by atoms with Crippen LogP contribution in [0, 0.1) is 11.3 Å². The molecule has 0 aliphatic heterocycles. The van der Waals surface area contributed by atoms with Gasteiger partial charge in [0.15, 0.2) is 0 Å². The van der Waals surface area contributed by atoms with Crippen molar-refractivity contribution in [1.29, 1.82) is 0 Å². The fraction of sp³-hybridized carbons (Fsp3) is 0.533. The Morgan fingerprint density at radius 1 is 1.42 bits per heavy atom. The third-order valence-corrected chi connectivity index (χ3v) is 3.77. The van der Waals surface area contributed by atoms with E-state index in [1.807, 2.05) is 0 Å². The number of ether oxygens (including phenoxy) is 1.